The van der Waals surface area contributed by atoms with Crippen molar-refractivity contribution >= 4 is 12.4 Å². The second kappa shape index (κ2) is 7.54. The molecular weight excluding hydrogens is 291 g/mol. The second-order valence-electron chi connectivity index (χ2n) is 6.10. The van der Waals surface area contributed by atoms with Crippen LogP contribution in [0.5, 0.6) is 0 Å². The van der Waals surface area contributed by atoms with Gasteiger partial charge in [0.1, 0.15) is 5.82 Å². The van der Waals surface area contributed by atoms with Crippen LogP contribution in [0.15, 0.2) is 24.3 Å². The van der Waals surface area contributed by atoms with E-state index in [1.165, 1.54) is 25.0 Å². The van der Waals surface area contributed by atoms with Gasteiger partial charge < -0.3 is 10.4 Å². The summed E-state index contributed by atoms with van der Waals surface area (Å²) in [5, 5.41) is 13.4. The number of hydrogen-bond donors (Lipinski definition) is 2. The number of piperidine rings is 1. The molecule has 1 aromatic rings. The van der Waals surface area contributed by atoms with Gasteiger partial charge in [-0.3, -0.25) is 4.90 Å². The maximum absolute atomic E-state index is 13.1. The maximum atomic E-state index is 13.1. The van der Waals surface area contributed by atoms with Crippen molar-refractivity contribution in [3.05, 3.63) is 35.6 Å². The number of nitrogens with zero attached hydrogens (tertiary/aromatic N) is 1. The average molecular weight is 315 g/mol. The molecule has 0 saturated carbocycles. The van der Waals surface area contributed by atoms with Crippen molar-refractivity contribution in [3.8, 4) is 0 Å². The van der Waals surface area contributed by atoms with E-state index in [0.29, 0.717) is 5.92 Å². The lowest BCUT2D eigenvalue weighted by Gasteiger charge is -2.31. The van der Waals surface area contributed by atoms with Crippen LogP contribution in [0.3, 0.4) is 0 Å². The molecule has 0 radical (unpaired) electrons. The van der Waals surface area contributed by atoms with Gasteiger partial charge in [0, 0.05) is 19.1 Å². The molecule has 5 heteroatoms. The first-order chi connectivity index (χ1) is 9.72. The highest BCUT2D eigenvalue weighted by Crippen LogP contribution is 2.33. The number of aliphatic hydroxyl groups excluding tert-OH is 1. The van der Waals surface area contributed by atoms with E-state index in [0.717, 1.165) is 38.2 Å². The normalized spacial score (nSPS) is 27.5. The summed E-state index contributed by atoms with van der Waals surface area (Å²) in [6.45, 7) is 3.98. The molecule has 0 bridgehead atoms. The molecule has 3 rings (SSSR count). The molecule has 2 atom stereocenters. The van der Waals surface area contributed by atoms with E-state index in [4.69, 9.17) is 0 Å². The van der Waals surface area contributed by atoms with E-state index in [9.17, 15) is 9.50 Å². The van der Waals surface area contributed by atoms with Crippen molar-refractivity contribution in [2.24, 2.45) is 5.92 Å². The third kappa shape index (κ3) is 4.16. The van der Waals surface area contributed by atoms with E-state index in [1.54, 1.807) is 0 Å². The van der Waals surface area contributed by atoms with E-state index in [1.807, 2.05) is 12.1 Å². The van der Waals surface area contributed by atoms with E-state index in [2.05, 4.69) is 10.2 Å². The van der Waals surface area contributed by atoms with Crippen LogP contribution in [0.1, 0.15) is 30.9 Å². The van der Waals surface area contributed by atoms with Crippen molar-refractivity contribution in [1.82, 2.24) is 10.2 Å². The first kappa shape index (κ1) is 16.7. The Bertz CT molecular complexity index is 436. The molecule has 0 aliphatic carbocycles. The summed E-state index contributed by atoms with van der Waals surface area (Å²) in [7, 11) is 0. The molecule has 21 heavy (non-hydrogen) atoms. The molecule has 2 unspecified atom stereocenters. The van der Waals surface area contributed by atoms with Gasteiger partial charge in [-0.2, -0.15) is 0 Å². The molecule has 2 N–H and O–H groups in total. The van der Waals surface area contributed by atoms with Crippen LogP contribution < -0.4 is 5.32 Å². The quantitative estimate of drug-likeness (QED) is 0.899. The highest BCUT2D eigenvalue weighted by Gasteiger charge is 2.33. The monoisotopic (exact) mass is 314 g/mol. The minimum Gasteiger partial charge on any atom is -0.392 e. The Balaban J connectivity index is 0.00000161. The number of aliphatic hydroxyl groups is 1. The van der Waals surface area contributed by atoms with E-state index in [-0.39, 0.29) is 30.4 Å². The number of likely N-dealkylation sites (tertiary alicyclic amines) is 1. The van der Waals surface area contributed by atoms with Gasteiger partial charge in [-0.05, 0) is 56.0 Å². The Morgan fingerprint density at radius 3 is 2.52 bits per heavy atom. The zero-order valence-corrected chi connectivity index (χ0v) is 13.0. The molecule has 0 amide bonds. The highest BCUT2D eigenvalue weighted by molar-refractivity contribution is 5.85. The van der Waals surface area contributed by atoms with Gasteiger partial charge in [-0.1, -0.05) is 12.1 Å². The summed E-state index contributed by atoms with van der Waals surface area (Å²) in [5.41, 5.74) is 1.12. The van der Waals surface area contributed by atoms with Crippen LogP contribution in [0.2, 0.25) is 0 Å². The molecule has 3 nitrogen and oxygen atoms in total. The number of β-amino-alcohol motifs (C(OH)–C–C–N with tert-alkyl or cyclic N) is 1. The molecule has 2 heterocycles. The Hall–Kier alpha value is -0.680. The summed E-state index contributed by atoms with van der Waals surface area (Å²) >= 11 is 0. The van der Waals surface area contributed by atoms with Crippen molar-refractivity contribution < 1.29 is 9.50 Å². The average Bonchev–Trinajstić information content (AvgIpc) is 2.81. The highest BCUT2D eigenvalue weighted by atomic mass is 35.5. The summed E-state index contributed by atoms with van der Waals surface area (Å²) in [5.74, 6) is 0.515. The minimum absolute atomic E-state index is 0. The predicted molar refractivity (Wildman–Crippen MR) is 84.2 cm³/mol. The van der Waals surface area contributed by atoms with Crippen molar-refractivity contribution in [1.29, 1.82) is 0 Å². The zero-order chi connectivity index (χ0) is 13.9. The molecule has 2 fully saturated rings. The van der Waals surface area contributed by atoms with Crippen LogP contribution in [0.4, 0.5) is 4.39 Å². The molecule has 1 aromatic carbocycles. The maximum Gasteiger partial charge on any atom is 0.123 e. The third-order valence-electron chi connectivity index (χ3n) is 4.59. The van der Waals surface area contributed by atoms with Crippen molar-refractivity contribution in [2.45, 2.75) is 31.4 Å². The minimum atomic E-state index is -0.258. The number of rotatable bonds is 3. The smallest absolute Gasteiger partial charge is 0.123 e. The topological polar surface area (TPSA) is 35.5 Å². The lowest BCUT2D eigenvalue weighted by molar-refractivity contribution is 0.157. The number of benzene rings is 1. The molecule has 2 saturated heterocycles. The van der Waals surface area contributed by atoms with Gasteiger partial charge >= 0.3 is 0 Å². The first-order valence-electron chi connectivity index (χ1n) is 7.60. The summed E-state index contributed by atoms with van der Waals surface area (Å²) in [4.78, 5) is 2.38. The lowest BCUT2D eigenvalue weighted by Crippen LogP contribution is -2.36. The predicted octanol–water partition coefficient (Wildman–Crippen LogP) is 2.35. The van der Waals surface area contributed by atoms with Crippen LogP contribution in [0, 0.1) is 11.7 Å². The van der Waals surface area contributed by atoms with Gasteiger partial charge in [0.25, 0.3) is 0 Å². The zero-order valence-electron chi connectivity index (χ0n) is 12.2. The molecule has 0 aromatic heterocycles. The fourth-order valence-electron chi connectivity index (χ4n) is 3.51. The number of halogens is 2. The Morgan fingerprint density at radius 2 is 1.86 bits per heavy atom. The largest absolute Gasteiger partial charge is 0.392 e. The molecule has 0 spiro atoms. The summed E-state index contributed by atoms with van der Waals surface area (Å²) in [6.07, 6.45) is 2.92. The first-order valence-corrected chi connectivity index (χ1v) is 7.60. The Morgan fingerprint density at radius 1 is 1.19 bits per heavy atom. The van der Waals surface area contributed by atoms with Gasteiger partial charge in [0.05, 0.1) is 6.10 Å². The van der Waals surface area contributed by atoms with E-state index >= 15 is 0 Å². The fourth-order valence-corrected chi connectivity index (χ4v) is 3.51. The van der Waals surface area contributed by atoms with Gasteiger partial charge in [-0.25, -0.2) is 4.39 Å². The Labute approximate surface area is 131 Å². The van der Waals surface area contributed by atoms with Gasteiger partial charge in [0.15, 0.2) is 0 Å². The summed E-state index contributed by atoms with van der Waals surface area (Å²) in [6, 6.07) is 6.98. The fraction of sp³-hybridized carbons (Fsp3) is 0.625. The summed E-state index contributed by atoms with van der Waals surface area (Å²) < 4.78 is 13.1. The Kier molecular flexibility index (Phi) is 5.99. The van der Waals surface area contributed by atoms with Gasteiger partial charge in [-0.15, -0.1) is 12.4 Å². The van der Waals surface area contributed by atoms with Crippen LogP contribution in [-0.2, 0) is 0 Å². The molecule has 2 aliphatic rings. The lowest BCUT2D eigenvalue weighted by atomic mass is 9.96. The molecule has 118 valence electrons. The SMILES string of the molecule is Cl.OC1CC(c2ccc(F)cc2)N(CC2CCNCC2)C1. The van der Waals surface area contributed by atoms with Crippen molar-refractivity contribution in [3.63, 3.8) is 0 Å². The third-order valence-corrected chi connectivity index (χ3v) is 4.59. The molecule has 2 aliphatic heterocycles. The van der Waals surface area contributed by atoms with Crippen molar-refractivity contribution in [2.75, 3.05) is 26.2 Å². The standard InChI is InChI=1S/C16H23FN2O.ClH/c17-14-3-1-13(2-4-14)16-9-15(20)11-19(16)10-12-5-7-18-8-6-12;/h1-4,12,15-16,18,20H,5-11H2;1H. The molecular formula is C16H24ClFN2O. The number of nitrogens with one attached hydrogen (secondary N) is 1. The van der Waals surface area contributed by atoms with E-state index < -0.39 is 0 Å². The second-order valence-corrected chi connectivity index (χ2v) is 6.10. The number of hydrogen-bond acceptors (Lipinski definition) is 3. The van der Waals surface area contributed by atoms with Crippen LogP contribution in [0.25, 0.3) is 0 Å². The van der Waals surface area contributed by atoms with Crippen LogP contribution in [-0.4, -0.2) is 42.3 Å². The van der Waals surface area contributed by atoms with Crippen LogP contribution >= 0.6 is 12.4 Å². The van der Waals surface area contributed by atoms with Gasteiger partial charge in [0.2, 0.25) is 0 Å².